The SMILES string of the molecule is CC/C(C)=C\c1ccnc2c(NC(C)CCCN)cc(OC)cc12.O=C(O)/C=C/C(=O)O. The Kier molecular flexibility index (Phi) is 11.5. The molecule has 0 aliphatic rings. The first-order chi connectivity index (χ1) is 15.2. The lowest BCUT2D eigenvalue weighted by Gasteiger charge is -2.18. The summed E-state index contributed by atoms with van der Waals surface area (Å²) in [5.74, 6) is -1.67. The number of aliphatic carboxylic acids is 2. The number of rotatable bonds is 10. The first-order valence-corrected chi connectivity index (χ1v) is 10.5. The summed E-state index contributed by atoms with van der Waals surface area (Å²) in [6.07, 6.45) is 8.29. The monoisotopic (exact) mass is 443 g/mol. The number of allylic oxidation sites excluding steroid dienone is 1. The van der Waals surface area contributed by atoms with Crippen molar-refractivity contribution in [2.45, 2.75) is 46.1 Å². The van der Waals surface area contributed by atoms with Gasteiger partial charge in [0.05, 0.1) is 18.3 Å². The highest BCUT2D eigenvalue weighted by Gasteiger charge is 2.11. The molecule has 0 radical (unpaired) electrons. The normalized spacial score (nSPS) is 12.2. The maximum absolute atomic E-state index is 9.55. The van der Waals surface area contributed by atoms with Crippen LogP contribution in [-0.2, 0) is 9.59 Å². The molecule has 0 aliphatic heterocycles. The second-order valence-corrected chi connectivity index (χ2v) is 7.30. The van der Waals surface area contributed by atoms with Gasteiger partial charge in [-0.05, 0) is 57.4 Å². The number of hydrogen-bond donors (Lipinski definition) is 4. The number of pyridine rings is 1. The number of anilines is 1. The van der Waals surface area contributed by atoms with E-state index >= 15 is 0 Å². The highest BCUT2D eigenvalue weighted by molar-refractivity contribution is 5.97. The van der Waals surface area contributed by atoms with E-state index in [9.17, 15) is 9.59 Å². The molecule has 8 heteroatoms. The zero-order chi connectivity index (χ0) is 24.1. The van der Waals surface area contributed by atoms with Crippen LogP contribution in [0.5, 0.6) is 5.75 Å². The number of nitrogens with one attached hydrogen (secondary N) is 1. The molecular weight excluding hydrogens is 410 g/mol. The van der Waals surface area contributed by atoms with Crippen molar-refractivity contribution in [3.63, 3.8) is 0 Å². The van der Waals surface area contributed by atoms with Crippen LogP contribution in [0.1, 0.15) is 45.6 Å². The van der Waals surface area contributed by atoms with Crippen molar-refractivity contribution in [1.82, 2.24) is 4.98 Å². The summed E-state index contributed by atoms with van der Waals surface area (Å²) < 4.78 is 5.50. The van der Waals surface area contributed by atoms with Gasteiger partial charge in [0, 0.05) is 35.8 Å². The summed E-state index contributed by atoms with van der Waals surface area (Å²) in [5, 5.41) is 20.3. The van der Waals surface area contributed by atoms with Gasteiger partial charge in [0.25, 0.3) is 0 Å². The summed E-state index contributed by atoms with van der Waals surface area (Å²) in [7, 11) is 1.70. The van der Waals surface area contributed by atoms with E-state index in [4.69, 9.17) is 20.7 Å². The van der Waals surface area contributed by atoms with E-state index in [1.165, 1.54) is 11.1 Å². The Morgan fingerprint density at radius 3 is 2.44 bits per heavy atom. The lowest BCUT2D eigenvalue weighted by atomic mass is 10.0. The second kappa shape index (κ2) is 13.8. The van der Waals surface area contributed by atoms with Crippen LogP contribution in [0, 0.1) is 0 Å². The van der Waals surface area contributed by atoms with Gasteiger partial charge in [-0.2, -0.15) is 0 Å². The fraction of sp³-hybridized carbons (Fsp3) is 0.375. The van der Waals surface area contributed by atoms with Crippen molar-refractivity contribution in [2.24, 2.45) is 5.73 Å². The van der Waals surface area contributed by atoms with Gasteiger partial charge in [-0.3, -0.25) is 4.98 Å². The number of carboxylic acids is 2. The average molecular weight is 444 g/mol. The van der Waals surface area contributed by atoms with Crippen LogP contribution in [0.4, 0.5) is 5.69 Å². The maximum Gasteiger partial charge on any atom is 0.328 e. The first kappa shape index (κ1) is 26.6. The fourth-order valence-electron chi connectivity index (χ4n) is 2.87. The molecule has 1 heterocycles. The third-order valence-electron chi connectivity index (χ3n) is 4.66. The number of fused-ring (bicyclic) bond motifs is 1. The number of nitrogens with two attached hydrogens (primary N) is 1. The summed E-state index contributed by atoms with van der Waals surface area (Å²) in [6.45, 7) is 7.21. The Bertz CT molecular complexity index is 954. The van der Waals surface area contributed by atoms with Crippen molar-refractivity contribution >= 4 is 34.6 Å². The van der Waals surface area contributed by atoms with Gasteiger partial charge in [0.15, 0.2) is 0 Å². The topological polar surface area (TPSA) is 135 Å². The fourth-order valence-corrected chi connectivity index (χ4v) is 2.87. The lowest BCUT2D eigenvalue weighted by molar-refractivity contribution is -0.134. The van der Waals surface area contributed by atoms with Crippen molar-refractivity contribution in [3.8, 4) is 5.75 Å². The van der Waals surface area contributed by atoms with Crippen molar-refractivity contribution in [3.05, 3.63) is 47.7 Å². The van der Waals surface area contributed by atoms with E-state index in [0.29, 0.717) is 24.7 Å². The lowest BCUT2D eigenvalue weighted by Crippen LogP contribution is -2.17. The third kappa shape index (κ3) is 9.18. The zero-order valence-corrected chi connectivity index (χ0v) is 19.1. The van der Waals surface area contributed by atoms with Crippen LogP contribution >= 0.6 is 0 Å². The maximum atomic E-state index is 9.55. The number of carbonyl (C=O) groups is 2. The Hall–Kier alpha value is -3.39. The Labute approximate surface area is 188 Å². The van der Waals surface area contributed by atoms with Crippen LogP contribution in [-0.4, -0.2) is 46.8 Å². The smallest absolute Gasteiger partial charge is 0.328 e. The van der Waals surface area contributed by atoms with Gasteiger partial charge in [-0.25, -0.2) is 9.59 Å². The minimum atomic E-state index is -1.26. The quantitative estimate of drug-likeness (QED) is 0.399. The summed E-state index contributed by atoms with van der Waals surface area (Å²) >= 11 is 0. The largest absolute Gasteiger partial charge is 0.497 e. The molecule has 2 rings (SSSR count). The molecule has 0 aliphatic carbocycles. The highest BCUT2D eigenvalue weighted by atomic mass is 16.5. The van der Waals surface area contributed by atoms with Crippen molar-refractivity contribution in [2.75, 3.05) is 19.0 Å². The molecule has 1 atom stereocenters. The predicted molar refractivity (Wildman–Crippen MR) is 128 cm³/mol. The molecule has 0 fully saturated rings. The zero-order valence-electron chi connectivity index (χ0n) is 19.1. The highest BCUT2D eigenvalue weighted by Crippen LogP contribution is 2.31. The third-order valence-corrected chi connectivity index (χ3v) is 4.66. The van der Waals surface area contributed by atoms with Crippen LogP contribution in [0.2, 0.25) is 0 Å². The summed E-state index contributed by atoms with van der Waals surface area (Å²) in [5.41, 5.74) is 10.1. The molecule has 32 heavy (non-hydrogen) atoms. The van der Waals surface area contributed by atoms with Gasteiger partial charge >= 0.3 is 11.9 Å². The standard InChI is InChI=1S/C20H29N3O.C4H4O4/c1-5-14(2)11-16-8-10-22-20-18(16)12-17(24-4)13-19(20)23-15(3)7-6-9-21;5-3(6)1-2-4(7)8/h8,10-13,15,23H,5-7,9,21H2,1-4H3;1-2H,(H,5,6)(H,7,8)/b14-11-;2-1+. The average Bonchev–Trinajstić information content (AvgIpc) is 2.76. The number of hydrogen-bond acceptors (Lipinski definition) is 6. The number of methoxy groups -OCH3 is 1. The molecule has 1 aromatic carbocycles. The van der Waals surface area contributed by atoms with Gasteiger partial charge in [-0.1, -0.05) is 18.6 Å². The first-order valence-electron chi connectivity index (χ1n) is 10.5. The number of aromatic nitrogens is 1. The number of benzene rings is 1. The van der Waals surface area contributed by atoms with Gasteiger partial charge in [0.1, 0.15) is 5.75 Å². The van der Waals surface area contributed by atoms with Gasteiger partial charge < -0.3 is 26.0 Å². The molecule has 1 unspecified atom stereocenters. The molecule has 174 valence electrons. The molecule has 0 bridgehead atoms. The summed E-state index contributed by atoms with van der Waals surface area (Å²) in [6, 6.07) is 6.48. The van der Waals surface area contributed by atoms with E-state index in [1.54, 1.807) is 7.11 Å². The number of ether oxygens (including phenoxy) is 1. The second-order valence-electron chi connectivity index (χ2n) is 7.30. The molecule has 5 N–H and O–H groups in total. The van der Waals surface area contributed by atoms with Crippen LogP contribution in [0.25, 0.3) is 17.0 Å². The van der Waals surface area contributed by atoms with E-state index in [2.05, 4.69) is 49.3 Å². The molecule has 0 amide bonds. The predicted octanol–water partition coefficient (Wildman–Crippen LogP) is 4.31. The molecule has 0 saturated carbocycles. The van der Waals surface area contributed by atoms with Crippen LogP contribution < -0.4 is 15.8 Å². The number of carboxylic acid groups (broad SMARTS) is 2. The molecule has 1 aromatic heterocycles. The van der Waals surface area contributed by atoms with E-state index in [-0.39, 0.29) is 0 Å². The Morgan fingerprint density at radius 2 is 1.91 bits per heavy atom. The minimum Gasteiger partial charge on any atom is -0.497 e. The Morgan fingerprint density at radius 1 is 1.25 bits per heavy atom. The minimum absolute atomic E-state index is 0.335. The molecular formula is C24H33N3O5. The van der Waals surface area contributed by atoms with E-state index in [0.717, 1.165) is 41.6 Å². The molecule has 0 spiro atoms. The van der Waals surface area contributed by atoms with E-state index < -0.39 is 11.9 Å². The number of nitrogens with zero attached hydrogens (tertiary/aromatic N) is 1. The molecule has 2 aromatic rings. The Balaban J connectivity index is 0.000000547. The van der Waals surface area contributed by atoms with Crippen LogP contribution in [0.3, 0.4) is 0 Å². The summed E-state index contributed by atoms with van der Waals surface area (Å²) in [4.78, 5) is 23.7. The van der Waals surface area contributed by atoms with E-state index in [1.807, 2.05) is 12.3 Å². The molecule has 0 saturated heterocycles. The molecule has 8 nitrogen and oxygen atoms in total. The van der Waals surface area contributed by atoms with Gasteiger partial charge in [0.2, 0.25) is 0 Å². The van der Waals surface area contributed by atoms with Crippen LogP contribution in [0.15, 0.2) is 42.1 Å². The van der Waals surface area contributed by atoms with Gasteiger partial charge in [-0.15, -0.1) is 0 Å². The van der Waals surface area contributed by atoms with Crippen molar-refractivity contribution < 1.29 is 24.5 Å². The van der Waals surface area contributed by atoms with Crippen molar-refractivity contribution in [1.29, 1.82) is 0 Å².